The van der Waals surface area contributed by atoms with Gasteiger partial charge in [0.1, 0.15) is 0 Å². The number of halogens is 2. The Morgan fingerprint density at radius 3 is 2.69 bits per heavy atom. The highest BCUT2D eigenvalue weighted by molar-refractivity contribution is 14.1. The monoisotopic (exact) mass is 313 g/mol. The molecule has 0 aromatic carbocycles. The van der Waals surface area contributed by atoms with Gasteiger partial charge in [-0.2, -0.15) is 5.10 Å². The van der Waals surface area contributed by atoms with Gasteiger partial charge in [-0.15, -0.1) is 12.4 Å². The third-order valence-corrected chi connectivity index (χ3v) is 2.81. The molecule has 0 radical (unpaired) electrons. The summed E-state index contributed by atoms with van der Waals surface area (Å²) in [5, 5.41) is 7.67. The number of nitrogens with zero attached hydrogens (tertiary/aromatic N) is 2. The molecule has 1 aromatic rings. The number of rotatable bonds is 1. The van der Waals surface area contributed by atoms with Crippen molar-refractivity contribution in [3.05, 3.63) is 16.0 Å². The van der Waals surface area contributed by atoms with Gasteiger partial charge in [0.05, 0.1) is 15.8 Å². The van der Waals surface area contributed by atoms with E-state index in [9.17, 15) is 0 Å². The van der Waals surface area contributed by atoms with Crippen LogP contribution in [0, 0.1) is 3.57 Å². The molecule has 2 rings (SSSR count). The van der Waals surface area contributed by atoms with E-state index in [1.54, 1.807) is 0 Å². The van der Waals surface area contributed by atoms with Crippen molar-refractivity contribution in [2.75, 3.05) is 13.1 Å². The van der Waals surface area contributed by atoms with Crippen LogP contribution in [0.25, 0.3) is 0 Å². The van der Waals surface area contributed by atoms with E-state index >= 15 is 0 Å². The summed E-state index contributed by atoms with van der Waals surface area (Å²) in [7, 11) is 0. The summed E-state index contributed by atoms with van der Waals surface area (Å²) in [6, 6.07) is 0.620. The highest BCUT2D eigenvalue weighted by Crippen LogP contribution is 2.18. The lowest BCUT2D eigenvalue weighted by Crippen LogP contribution is -2.29. The molecule has 1 fully saturated rings. The predicted molar refractivity (Wildman–Crippen MR) is 63.3 cm³/mol. The summed E-state index contributed by atoms with van der Waals surface area (Å²) >= 11 is 2.30. The van der Waals surface area contributed by atoms with Crippen LogP contribution in [-0.4, -0.2) is 22.9 Å². The summed E-state index contributed by atoms with van der Waals surface area (Å²) in [5.74, 6) is 0. The molecule has 0 bridgehead atoms. The largest absolute Gasteiger partial charge is 0.317 e. The number of hydrogen-bond donors (Lipinski definition) is 1. The van der Waals surface area contributed by atoms with Crippen molar-refractivity contribution >= 4 is 35.0 Å². The molecule has 0 aliphatic carbocycles. The van der Waals surface area contributed by atoms with Crippen LogP contribution in [0.1, 0.15) is 18.9 Å². The van der Waals surface area contributed by atoms with Gasteiger partial charge in [-0.3, -0.25) is 4.68 Å². The Kier molecular flexibility index (Phi) is 4.48. The van der Waals surface area contributed by atoms with Crippen molar-refractivity contribution in [2.45, 2.75) is 18.9 Å². The van der Waals surface area contributed by atoms with Crippen LogP contribution >= 0.6 is 35.0 Å². The van der Waals surface area contributed by atoms with Crippen LogP contribution in [0.15, 0.2) is 12.4 Å². The molecule has 1 aliphatic heterocycles. The summed E-state index contributed by atoms with van der Waals surface area (Å²) in [5.41, 5.74) is 0. The molecule has 5 heteroatoms. The second-order valence-electron chi connectivity index (χ2n) is 3.12. The lowest BCUT2D eigenvalue weighted by atomic mass is 10.1. The molecule has 74 valence electrons. The fourth-order valence-corrected chi connectivity index (χ4v) is 2.00. The summed E-state index contributed by atoms with van der Waals surface area (Å²) < 4.78 is 3.33. The first kappa shape index (κ1) is 11.3. The van der Waals surface area contributed by atoms with E-state index in [4.69, 9.17) is 0 Å². The van der Waals surface area contributed by atoms with Gasteiger partial charge in [-0.05, 0) is 48.5 Å². The molecule has 0 unspecified atom stereocenters. The van der Waals surface area contributed by atoms with Gasteiger partial charge in [0.15, 0.2) is 0 Å². The van der Waals surface area contributed by atoms with Crippen molar-refractivity contribution in [3.8, 4) is 0 Å². The van der Waals surface area contributed by atoms with Crippen LogP contribution in [0.5, 0.6) is 0 Å². The van der Waals surface area contributed by atoms with Crippen LogP contribution in [-0.2, 0) is 0 Å². The fraction of sp³-hybridized carbons (Fsp3) is 0.625. The standard InChI is InChI=1S/C8H12IN3.ClH/c9-7-5-11-12(6-7)8-1-3-10-4-2-8;/h5-6,8,10H,1-4H2;1H. The van der Waals surface area contributed by atoms with E-state index in [0.29, 0.717) is 6.04 Å². The van der Waals surface area contributed by atoms with Gasteiger partial charge >= 0.3 is 0 Å². The molecule has 0 saturated carbocycles. The Hall–Kier alpha value is 0.190. The van der Waals surface area contributed by atoms with Crippen molar-refractivity contribution < 1.29 is 0 Å². The zero-order chi connectivity index (χ0) is 8.39. The average Bonchev–Trinajstić information content (AvgIpc) is 2.54. The molecule has 1 aromatic heterocycles. The van der Waals surface area contributed by atoms with Crippen LogP contribution in [0.2, 0.25) is 0 Å². The molecule has 2 heterocycles. The highest BCUT2D eigenvalue weighted by atomic mass is 127. The predicted octanol–water partition coefficient (Wildman–Crippen LogP) is 1.83. The van der Waals surface area contributed by atoms with Gasteiger partial charge in [-0.1, -0.05) is 0 Å². The summed E-state index contributed by atoms with van der Waals surface area (Å²) in [4.78, 5) is 0. The smallest absolute Gasteiger partial charge is 0.0623 e. The minimum Gasteiger partial charge on any atom is -0.317 e. The molecular weight excluding hydrogens is 300 g/mol. The first-order valence-corrected chi connectivity index (χ1v) is 5.34. The lowest BCUT2D eigenvalue weighted by molar-refractivity contribution is 0.343. The normalized spacial score (nSPS) is 18.2. The van der Waals surface area contributed by atoms with Gasteiger partial charge < -0.3 is 5.32 Å². The molecule has 1 saturated heterocycles. The van der Waals surface area contributed by atoms with E-state index in [2.05, 4.69) is 43.9 Å². The first-order chi connectivity index (χ1) is 5.86. The quantitative estimate of drug-likeness (QED) is 0.802. The van der Waals surface area contributed by atoms with E-state index in [1.807, 2.05) is 6.20 Å². The third-order valence-electron chi connectivity index (χ3n) is 2.25. The van der Waals surface area contributed by atoms with Crippen molar-refractivity contribution in [1.82, 2.24) is 15.1 Å². The molecule has 0 spiro atoms. The second kappa shape index (κ2) is 5.17. The number of aromatic nitrogens is 2. The molecule has 1 aliphatic rings. The maximum Gasteiger partial charge on any atom is 0.0623 e. The Labute approximate surface area is 97.8 Å². The Morgan fingerprint density at radius 2 is 2.15 bits per heavy atom. The molecule has 13 heavy (non-hydrogen) atoms. The Morgan fingerprint density at radius 1 is 1.46 bits per heavy atom. The summed E-state index contributed by atoms with van der Waals surface area (Å²) in [6.07, 6.45) is 6.45. The molecule has 0 amide bonds. The third kappa shape index (κ3) is 2.82. The van der Waals surface area contributed by atoms with Crippen molar-refractivity contribution in [2.24, 2.45) is 0 Å². The van der Waals surface area contributed by atoms with Crippen LogP contribution < -0.4 is 5.32 Å². The number of nitrogens with one attached hydrogen (secondary N) is 1. The van der Waals surface area contributed by atoms with Crippen molar-refractivity contribution in [3.63, 3.8) is 0 Å². The van der Waals surface area contributed by atoms with Crippen LogP contribution in [0.3, 0.4) is 0 Å². The summed E-state index contributed by atoms with van der Waals surface area (Å²) in [6.45, 7) is 2.25. The van der Waals surface area contributed by atoms with E-state index in [0.717, 1.165) is 13.1 Å². The number of hydrogen-bond acceptors (Lipinski definition) is 2. The molecule has 3 nitrogen and oxygen atoms in total. The maximum atomic E-state index is 4.32. The first-order valence-electron chi connectivity index (χ1n) is 4.26. The van der Waals surface area contributed by atoms with E-state index < -0.39 is 0 Å². The number of piperidine rings is 1. The fourth-order valence-electron chi connectivity index (χ4n) is 1.59. The molecule has 0 atom stereocenters. The van der Waals surface area contributed by atoms with Crippen molar-refractivity contribution in [1.29, 1.82) is 0 Å². The Balaban J connectivity index is 0.000000845. The SMILES string of the molecule is Cl.Ic1cnn(C2CCNCC2)c1. The maximum absolute atomic E-state index is 4.32. The van der Waals surface area contributed by atoms with Gasteiger partial charge in [0.2, 0.25) is 0 Å². The van der Waals surface area contributed by atoms with Gasteiger partial charge in [-0.25, -0.2) is 0 Å². The van der Waals surface area contributed by atoms with Gasteiger partial charge in [0.25, 0.3) is 0 Å². The van der Waals surface area contributed by atoms with E-state index in [-0.39, 0.29) is 12.4 Å². The van der Waals surface area contributed by atoms with Gasteiger partial charge in [0, 0.05) is 6.20 Å². The lowest BCUT2D eigenvalue weighted by Gasteiger charge is -2.22. The molecule has 1 N–H and O–H groups in total. The zero-order valence-electron chi connectivity index (χ0n) is 7.24. The zero-order valence-corrected chi connectivity index (χ0v) is 10.2. The topological polar surface area (TPSA) is 29.9 Å². The molecular formula is C8H13ClIN3. The highest BCUT2D eigenvalue weighted by Gasteiger charge is 2.14. The second-order valence-corrected chi connectivity index (χ2v) is 4.37. The van der Waals surface area contributed by atoms with E-state index in [1.165, 1.54) is 16.4 Å². The van der Waals surface area contributed by atoms with Crippen LogP contribution in [0.4, 0.5) is 0 Å². The minimum atomic E-state index is 0. The minimum absolute atomic E-state index is 0. The Bertz CT molecular complexity index is 258. The average molecular weight is 314 g/mol.